The zero-order valence-corrected chi connectivity index (χ0v) is 44.3. The quantitative estimate of drug-likeness (QED) is 0.0262. The molecule has 0 aliphatic rings. The van der Waals surface area contributed by atoms with E-state index in [4.69, 9.17) is 14.2 Å². The highest BCUT2D eigenvalue weighted by Crippen LogP contribution is 2.14. The van der Waals surface area contributed by atoms with Gasteiger partial charge < -0.3 is 14.2 Å². The van der Waals surface area contributed by atoms with Gasteiger partial charge in [-0.25, -0.2) is 0 Å². The number of hydrogen-bond acceptors (Lipinski definition) is 6. The average Bonchev–Trinajstić information content (AvgIpc) is 3.34. The molecule has 0 amide bonds. The summed E-state index contributed by atoms with van der Waals surface area (Å²) in [4.78, 5) is 38.1. The maximum atomic E-state index is 12.8. The molecule has 0 rings (SSSR count). The van der Waals surface area contributed by atoms with Crippen LogP contribution in [0.15, 0.2) is 97.2 Å². The van der Waals surface area contributed by atoms with Crippen molar-refractivity contribution < 1.29 is 28.6 Å². The number of rotatable bonds is 50. The zero-order chi connectivity index (χ0) is 49.3. The Bertz CT molecular complexity index is 1360. The smallest absolute Gasteiger partial charge is 0.306 e. The molecule has 68 heavy (non-hydrogen) atoms. The minimum Gasteiger partial charge on any atom is -0.462 e. The number of carbonyl (C=O) groups excluding carboxylic acids is 3. The lowest BCUT2D eigenvalue weighted by molar-refractivity contribution is -0.166. The molecule has 0 fully saturated rings. The van der Waals surface area contributed by atoms with Gasteiger partial charge in [-0.05, 0) is 109 Å². The Kier molecular flexibility index (Phi) is 52.9. The van der Waals surface area contributed by atoms with Crippen molar-refractivity contribution in [3.8, 4) is 0 Å². The van der Waals surface area contributed by atoms with Gasteiger partial charge in [0.05, 0.1) is 0 Å². The Morgan fingerprint density at radius 2 is 0.603 bits per heavy atom. The van der Waals surface area contributed by atoms with Crippen LogP contribution in [-0.4, -0.2) is 37.2 Å². The van der Waals surface area contributed by atoms with Crippen LogP contribution in [0.1, 0.15) is 258 Å². The van der Waals surface area contributed by atoms with Gasteiger partial charge in [0.25, 0.3) is 0 Å². The molecule has 0 saturated heterocycles. The van der Waals surface area contributed by atoms with Crippen molar-refractivity contribution in [3.63, 3.8) is 0 Å². The van der Waals surface area contributed by atoms with Gasteiger partial charge in [0.2, 0.25) is 0 Å². The van der Waals surface area contributed by atoms with Gasteiger partial charge in [-0.1, -0.05) is 227 Å². The summed E-state index contributed by atoms with van der Waals surface area (Å²) in [6, 6.07) is 0. The highest BCUT2D eigenvalue weighted by Gasteiger charge is 2.19. The largest absolute Gasteiger partial charge is 0.462 e. The molecule has 0 spiro atoms. The van der Waals surface area contributed by atoms with Crippen LogP contribution < -0.4 is 0 Å². The first kappa shape index (κ1) is 64.3. The van der Waals surface area contributed by atoms with Crippen molar-refractivity contribution in [1.82, 2.24) is 0 Å². The van der Waals surface area contributed by atoms with Crippen molar-refractivity contribution >= 4 is 17.9 Å². The predicted octanol–water partition coefficient (Wildman–Crippen LogP) is 18.9. The van der Waals surface area contributed by atoms with Crippen LogP contribution in [0, 0.1) is 0 Å². The fourth-order valence-corrected chi connectivity index (χ4v) is 7.57. The standard InChI is InChI=1S/C62H104O6/c1-4-7-10-13-16-19-22-25-28-30-31-32-35-37-40-43-46-49-52-55-61(64)67-58-59(57-66-60(63)54-51-48-45-42-39-36-33-27-24-21-18-15-12-9-6-3)68-62(65)56-53-50-47-44-41-38-34-29-26-23-20-17-14-11-8-5-2/h7,10,16,19,25,27-29,31-34,37,40,46,49,59H,4-6,8-9,11-15,17-18,20-24,26,30,35-36,38-39,41-45,47-48,50-58H2,1-3H3/b10-7-,19-16-,28-25-,32-31-,33-27-,34-29-,40-37-,49-46-/t59-/m1/s1. The Morgan fingerprint density at radius 3 is 0.985 bits per heavy atom. The second-order valence-corrected chi connectivity index (χ2v) is 18.5. The highest BCUT2D eigenvalue weighted by molar-refractivity contribution is 5.71. The first-order valence-corrected chi connectivity index (χ1v) is 28.2. The molecule has 6 nitrogen and oxygen atoms in total. The van der Waals surface area contributed by atoms with Crippen LogP contribution in [0.4, 0.5) is 0 Å². The average molecular weight is 946 g/mol. The zero-order valence-electron chi connectivity index (χ0n) is 44.3. The maximum absolute atomic E-state index is 12.8. The summed E-state index contributed by atoms with van der Waals surface area (Å²) in [5.74, 6) is -1.01. The molecule has 6 heteroatoms. The van der Waals surface area contributed by atoms with Crippen LogP contribution in [-0.2, 0) is 28.6 Å². The van der Waals surface area contributed by atoms with Gasteiger partial charge in [-0.2, -0.15) is 0 Å². The SMILES string of the molecule is CC/C=C\C/C=C\C/C=C\C/C=C\C/C=C\C/C=C\CCC(=O)OC[C@@H](COC(=O)CCCCCCC/C=C\CCCCCCCC)OC(=O)CCCCCCC/C=C\CCCCCCCCC. The van der Waals surface area contributed by atoms with Crippen LogP contribution in [0.25, 0.3) is 0 Å². The lowest BCUT2D eigenvalue weighted by Gasteiger charge is -2.18. The van der Waals surface area contributed by atoms with E-state index in [9.17, 15) is 14.4 Å². The highest BCUT2D eigenvalue weighted by atomic mass is 16.6. The first-order chi connectivity index (χ1) is 33.5. The maximum Gasteiger partial charge on any atom is 0.306 e. The summed E-state index contributed by atoms with van der Waals surface area (Å²) in [5.41, 5.74) is 0. The second kappa shape index (κ2) is 55.9. The molecule has 0 bridgehead atoms. The minimum absolute atomic E-state index is 0.109. The van der Waals surface area contributed by atoms with Crippen LogP contribution >= 0.6 is 0 Å². The van der Waals surface area contributed by atoms with Crippen LogP contribution in [0.3, 0.4) is 0 Å². The van der Waals surface area contributed by atoms with Crippen molar-refractivity contribution in [2.75, 3.05) is 13.2 Å². The molecule has 0 saturated carbocycles. The van der Waals surface area contributed by atoms with E-state index in [-0.39, 0.29) is 37.5 Å². The summed E-state index contributed by atoms with van der Waals surface area (Å²) in [5, 5.41) is 0. The summed E-state index contributed by atoms with van der Waals surface area (Å²) in [6.45, 7) is 6.44. The Labute approximate surface area is 419 Å². The van der Waals surface area contributed by atoms with Gasteiger partial charge >= 0.3 is 17.9 Å². The number of carbonyl (C=O) groups is 3. The number of allylic oxidation sites excluding steroid dienone is 16. The summed E-state index contributed by atoms with van der Waals surface area (Å²) >= 11 is 0. The minimum atomic E-state index is -0.816. The molecule has 1 atom stereocenters. The van der Waals surface area contributed by atoms with Gasteiger partial charge in [0, 0.05) is 19.3 Å². The van der Waals surface area contributed by atoms with Crippen molar-refractivity contribution in [1.29, 1.82) is 0 Å². The van der Waals surface area contributed by atoms with Crippen molar-refractivity contribution in [2.24, 2.45) is 0 Å². The summed E-state index contributed by atoms with van der Waals surface area (Å²) < 4.78 is 16.8. The summed E-state index contributed by atoms with van der Waals surface area (Å²) in [6.07, 6.45) is 74.0. The van der Waals surface area contributed by atoms with E-state index in [1.807, 2.05) is 6.08 Å². The van der Waals surface area contributed by atoms with E-state index in [1.54, 1.807) is 0 Å². The molecule has 0 heterocycles. The molecule has 388 valence electrons. The van der Waals surface area contributed by atoms with Gasteiger partial charge in [-0.3, -0.25) is 14.4 Å². The lowest BCUT2D eigenvalue weighted by Crippen LogP contribution is -2.30. The fourth-order valence-electron chi connectivity index (χ4n) is 7.57. The molecule has 0 aliphatic heterocycles. The van der Waals surface area contributed by atoms with Crippen molar-refractivity contribution in [2.45, 2.75) is 264 Å². The monoisotopic (exact) mass is 945 g/mol. The molecule has 0 aromatic carbocycles. The molecular formula is C62H104O6. The van der Waals surface area contributed by atoms with Gasteiger partial charge in [-0.15, -0.1) is 0 Å². The third-order valence-corrected chi connectivity index (χ3v) is 11.8. The number of ether oxygens (including phenoxy) is 3. The topological polar surface area (TPSA) is 78.9 Å². The normalized spacial score (nSPS) is 12.8. The molecule has 0 unspecified atom stereocenters. The number of esters is 3. The molecule has 0 N–H and O–H groups in total. The Hall–Kier alpha value is -3.67. The Morgan fingerprint density at radius 1 is 0.309 bits per heavy atom. The molecule has 0 aromatic heterocycles. The lowest BCUT2D eigenvalue weighted by atomic mass is 10.1. The Balaban J connectivity index is 4.52. The molecule has 0 aliphatic carbocycles. The van der Waals surface area contributed by atoms with E-state index >= 15 is 0 Å². The predicted molar refractivity (Wildman–Crippen MR) is 293 cm³/mol. The van der Waals surface area contributed by atoms with Crippen molar-refractivity contribution in [3.05, 3.63) is 97.2 Å². The second-order valence-electron chi connectivity index (χ2n) is 18.5. The van der Waals surface area contributed by atoms with E-state index in [0.29, 0.717) is 19.3 Å². The van der Waals surface area contributed by atoms with E-state index in [1.165, 1.54) is 109 Å². The number of unbranched alkanes of at least 4 members (excludes halogenated alkanes) is 23. The van der Waals surface area contributed by atoms with Crippen LogP contribution in [0.2, 0.25) is 0 Å². The molecular weight excluding hydrogens is 841 g/mol. The number of hydrogen-bond donors (Lipinski definition) is 0. The van der Waals surface area contributed by atoms with Crippen LogP contribution in [0.5, 0.6) is 0 Å². The fraction of sp³-hybridized carbons (Fsp3) is 0.694. The molecule has 0 aromatic rings. The molecule has 0 radical (unpaired) electrons. The van der Waals surface area contributed by atoms with E-state index in [0.717, 1.165) is 103 Å². The first-order valence-electron chi connectivity index (χ1n) is 28.2. The van der Waals surface area contributed by atoms with Gasteiger partial charge in [0.1, 0.15) is 13.2 Å². The van der Waals surface area contributed by atoms with E-state index in [2.05, 4.69) is 112 Å². The third-order valence-electron chi connectivity index (χ3n) is 11.8. The summed E-state index contributed by atoms with van der Waals surface area (Å²) in [7, 11) is 0. The third kappa shape index (κ3) is 53.3. The van der Waals surface area contributed by atoms with Gasteiger partial charge in [0.15, 0.2) is 6.10 Å². The van der Waals surface area contributed by atoms with E-state index < -0.39 is 6.10 Å².